The summed E-state index contributed by atoms with van der Waals surface area (Å²) in [6, 6.07) is 8.77. The van der Waals surface area contributed by atoms with Crippen LogP contribution < -0.4 is 5.32 Å². The van der Waals surface area contributed by atoms with E-state index in [9.17, 15) is 9.18 Å². The minimum atomic E-state index is -1.10. The summed E-state index contributed by atoms with van der Waals surface area (Å²) in [7, 11) is 0. The van der Waals surface area contributed by atoms with Crippen molar-refractivity contribution in [1.82, 2.24) is 0 Å². The van der Waals surface area contributed by atoms with Gasteiger partial charge < -0.3 is 10.4 Å². The van der Waals surface area contributed by atoms with E-state index in [0.29, 0.717) is 5.69 Å². The van der Waals surface area contributed by atoms with Crippen LogP contribution in [0.4, 0.5) is 15.8 Å². The van der Waals surface area contributed by atoms with Gasteiger partial charge in [0.05, 0.1) is 32.0 Å². The molecule has 21 heavy (non-hydrogen) atoms. The van der Waals surface area contributed by atoms with Crippen molar-refractivity contribution in [3.8, 4) is 6.07 Å². The maximum absolute atomic E-state index is 14.1. The maximum atomic E-state index is 14.1. The van der Waals surface area contributed by atoms with E-state index in [-0.39, 0.29) is 26.3 Å². The number of hydrogen-bond acceptors (Lipinski definition) is 3. The Morgan fingerprint density at radius 2 is 2.00 bits per heavy atom. The molecule has 106 valence electrons. The van der Waals surface area contributed by atoms with Crippen LogP contribution in [0.1, 0.15) is 15.9 Å². The number of carboxylic acid groups (broad SMARTS) is 1. The van der Waals surface area contributed by atoms with Crippen molar-refractivity contribution >= 4 is 44.9 Å². The Hall–Kier alpha value is -2.10. The lowest BCUT2D eigenvalue weighted by Crippen LogP contribution is -1.99. The number of hydrogen-bond donors (Lipinski definition) is 2. The fourth-order valence-electron chi connectivity index (χ4n) is 1.63. The molecule has 7 heteroatoms. The molecule has 0 aliphatic heterocycles. The van der Waals surface area contributed by atoms with Crippen molar-refractivity contribution in [1.29, 1.82) is 5.26 Å². The summed E-state index contributed by atoms with van der Waals surface area (Å²) in [5.74, 6) is -1.73. The number of carboxylic acids is 1. The van der Waals surface area contributed by atoms with Gasteiger partial charge in [-0.05, 0) is 46.3 Å². The molecule has 0 amide bonds. The monoisotopic (exact) mass is 368 g/mol. The second-order valence-electron chi connectivity index (χ2n) is 4.03. The molecule has 2 aromatic carbocycles. The van der Waals surface area contributed by atoms with Gasteiger partial charge in [0.15, 0.2) is 5.82 Å². The summed E-state index contributed by atoms with van der Waals surface area (Å²) in [6.07, 6.45) is 0. The number of aromatic carboxylic acids is 1. The molecule has 0 fully saturated rings. The molecular formula is C14H7BrClFN2O2. The van der Waals surface area contributed by atoms with E-state index in [1.807, 2.05) is 6.07 Å². The molecule has 0 heterocycles. The molecule has 0 atom stereocenters. The first-order valence-electron chi connectivity index (χ1n) is 5.62. The number of halogens is 3. The predicted molar refractivity (Wildman–Crippen MR) is 80.5 cm³/mol. The normalized spacial score (nSPS) is 10.0. The van der Waals surface area contributed by atoms with Crippen LogP contribution >= 0.6 is 27.5 Å². The lowest BCUT2D eigenvalue weighted by molar-refractivity contribution is 0.0697. The smallest absolute Gasteiger partial charge is 0.335 e. The second kappa shape index (κ2) is 6.12. The third-order valence-electron chi connectivity index (χ3n) is 2.69. The van der Waals surface area contributed by atoms with E-state index in [1.54, 1.807) is 0 Å². The van der Waals surface area contributed by atoms with Crippen molar-refractivity contribution in [2.45, 2.75) is 0 Å². The average molecular weight is 370 g/mol. The van der Waals surface area contributed by atoms with Gasteiger partial charge in [0.25, 0.3) is 0 Å². The summed E-state index contributed by atoms with van der Waals surface area (Å²) < 4.78 is 14.1. The van der Waals surface area contributed by atoms with Crippen molar-refractivity contribution in [2.75, 3.05) is 5.32 Å². The highest BCUT2D eigenvalue weighted by Gasteiger charge is 2.13. The van der Waals surface area contributed by atoms with Crippen molar-refractivity contribution in [3.63, 3.8) is 0 Å². The van der Waals surface area contributed by atoms with Crippen LogP contribution in [0.2, 0.25) is 5.02 Å². The highest BCUT2D eigenvalue weighted by atomic mass is 79.9. The van der Waals surface area contributed by atoms with Crippen molar-refractivity contribution in [2.24, 2.45) is 0 Å². The number of benzene rings is 2. The molecule has 0 saturated heterocycles. The SMILES string of the molecule is N#Cc1ccc(Nc2ccc(C(=O)O)cc2Cl)c(F)c1Br. The van der Waals surface area contributed by atoms with Crippen LogP contribution in [0.3, 0.4) is 0 Å². The second-order valence-corrected chi connectivity index (χ2v) is 5.23. The summed E-state index contributed by atoms with van der Waals surface area (Å²) >= 11 is 8.97. The van der Waals surface area contributed by atoms with Crippen LogP contribution in [0.15, 0.2) is 34.8 Å². The Labute approximate surface area is 132 Å². The van der Waals surface area contributed by atoms with Gasteiger partial charge in [-0.1, -0.05) is 11.6 Å². The van der Waals surface area contributed by atoms with Gasteiger partial charge in [0.2, 0.25) is 0 Å². The topological polar surface area (TPSA) is 73.1 Å². The third-order valence-corrected chi connectivity index (χ3v) is 3.78. The van der Waals surface area contributed by atoms with Crippen molar-refractivity contribution < 1.29 is 14.3 Å². The maximum Gasteiger partial charge on any atom is 0.335 e. The molecule has 2 N–H and O–H groups in total. The fourth-order valence-corrected chi connectivity index (χ4v) is 2.29. The highest BCUT2D eigenvalue weighted by molar-refractivity contribution is 9.10. The quantitative estimate of drug-likeness (QED) is 0.832. The van der Waals surface area contributed by atoms with Gasteiger partial charge in [0, 0.05) is 0 Å². The van der Waals surface area contributed by atoms with E-state index in [1.165, 1.54) is 30.3 Å². The Kier molecular flexibility index (Phi) is 4.46. The molecule has 0 saturated carbocycles. The van der Waals surface area contributed by atoms with Crippen LogP contribution in [0.5, 0.6) is 0 Å². The average Bonchev–Trinajstić information content (AvgIpc) is 2.45. The number of rotatable bonds is 3. The van der Waals surface area contributed by atoms with Gasteiger partial charge in [0.1, 0.15) is 6.07 Å². The largest absolute Gasteiger partial charge is 0.478 e. The first-order chi connectivity index (χ1) is 9.93. The molecule has 4 nitrogen and oxygen atoms in total. The van der Waals surface area contributed by atoms with Gasteiger partial charge in [-0.15, -0.1) is 0 Å². The van der Waals surface area contributed by atoms with E-state index in [0.717, 1.165) is 0 Å². The van der Waals surface area contributed by atoms with Gasteiger partial charge in [-0.2, -0.15) is 5.26 Å². The minimum Gasteiger partial charge on any atom is -0.478 e. The zero-order valence-corrected chi connectivity index (χ0v) is 12.7. The summed E-state index contributed by atoms with van der Waals surface area (Å²) in [4.78, 5) is 10.8. The molecular weight excluding hydrogens is 363 g/mol. The molecule has 0 spiro atoms. The zero-order valence-electron chi connectivity index (χ0n) is 10.3. The van der Waals surface area contributed by atoms with Gasteiger partial charge in [-0.3, -0.25) is 0 Å². The summed E-state index contributed by atoms with van der Waals surface area (Å²) in [5.41, 5.74) is 0.681. The number of carbonyl (C=O) groups is 1. The standard InChI is InChI=1S/C14H7BrClFN2O2/c15-12-8(6-18)2-4-11(13(12)17)19-10-3-1-7(14(20)21)5-9(10)16/h1-5,19H,(H,20,21). The third kappa shape index (κ3) is 3.15. The Morgan fingerprint density at radius 3 is 2.57 bits per heavy atom. The molecule has 0 aliphatic rings. The number of nitriles is 1. The number of nitrogens with one attached hydrogen (secondary N) is 1. The van der Waals surface area contributed by atoms with E-state index < -0.39 is 11.8 Å². The minimum absolute atomic E-state index is 0.0343. The number of nitrogens with zero attached hydrogens (tertiary/aromatic N) is 1. The van der Waals surface area contributed by atoms with Crippen LogP contribution in [0.25, 0.3) is 0 Å². The Morgan fingerprint density at radius 1 is 1.33 bits per heavy atom. The van der Waals surface area contributed by atoms with Crippen molar-refractivity contribution in [3.05, 3.63) is 56.8 Å². The molecule has 0 bridgehead atoms. The Balaban J connectivity index is 2.37. The first kappa shape index (κ1) is 15.3. The molecule has 0 aromatic heterocycles. The molecule has 0 radical (unpaired) electrons. The first-order valence-corrected chi connectivity index (χ1v) is 6.79. The zero-order chi connectivity index (χ0) is 15.6. The predicted octanol–water partition coefficient (Wildman–Crippen LogP) is 4.56. The summed E-state index contributed by atoms with van der Waals surface area (Å²) in [6.45, 7) is 0. The van der Waals surface area contributed by atoms with E-state index in [2.05, 4.69) is 21.2 Å². The van der Waals surface area contributed by atoms with E-state index >= 15 is 0 Å². The van der Waals surface area contributed by atoms with Gasteiger partial charge in [-0.25, -0.2) is 9.18 Å². The summed E-state index contributed by atoms with van der Waals surface area (Å²) in [5, 5.41) is 20.6. The van der Waals surface area contributed by atoms with Crippen LogP contribution in [-0.2, 0) is 0 Å². The van der Waals surface area contributed by atoms with Crippen LogP contribution in [0, 0.1) is 17.1 Å². The molecule has 2 aromatic rings. The number of anilines is 2. The molecule has 0 aliphatic carbocycles. The fraction of sp³-hybridized carbons (Fsp3) is 0. The Bertz CT molecular complexity index is 774. The van der Waals surface area contributed by atoms with E-state index in [4.69, 9.17) is 22.0 Å². The molecule has 0 unspecified atom stereocenters. The molecule has 2 rings (SSSR count). The highest BCUT2D eigenvalue weighted by Crippen LogP contribution is 2.31. The lowest BCUT2D eigenvalue weighted by atomic mass is 10.2. The lowest BCUT2D eigenvalue weighted by Gasteiger charge is -2.11. The van der Waals surface area contributed by atoms with Crippen LogP contribution in [-0.4, -0.2) is 11.1 Å². The van der Waals surface area contributed by atoms with Gasteiger partial charge >= 0.3 is 5.97 Å².